The van der Waals surface area contributed by atoms with Gasteiger partial charge in [0.2, 0.25) is 10.0 Å². The van der Waals surface area contributed by atoms with Gasteiger partial charge in [-0.15, -0.1) is 0 Å². The van der Waals surface area contributed by atoms with E-state index < -0.39 is 42.4 Å². The molecule has 0 fully saturated rings. The van der Waals surface area contributed by atoms with Gasteiger partial charge in [-0.25, -0.2) is 25.9 Å². The fraction of sp³-hybridized carbons (Fsp3) is 0.364. The lowest BCUT2D eigenvalue weighted by Crippen LogP contribution is -2.37. The Morgan fingerprint density at radius 2 is 1.80 bits per heavy atom. The van der Waals surface area contributed by atoms with Crippen molar-refractivity contribution in [3.05, 3.63) is 24.0 Å². The average Bonchev–Trinajstić information content (AvgIpc) is 2.26. The highest BCUT2D eigenvalue weighted by Crippen LogP contribution is 2.19. The van der Waals surface area contributed by atoms with Crippen LogP contribution in [0.2, 0.25) is 0 Å². The van der Waals surface area contributed by atoms with Crippen LogP contribution in [0.1, 0.15) is 13.8 Å². The molecule has 1 unspecified atom stereocenters. The lowest BCUT2D eigenvalue weighted by Gasteiger charge is -2.12. The van der Waals surface area contributed by atoms with Crippen LogP contribution in [0.4, 0.5) is 4.39 Å². The molecule has 20 heavy (non-hydrogen) atoms. The van der Waals surface area contributed by atoms with E-state index in [2.05, 4.69) is 0 Å². The Balaban J connectivity index is 3.35. The summed E-state index contributed by atoms with van der Waals surface area (Å²) in [6, 6.07) is 1.41. The van der Waals surface area contributed by atoms with Crippen LogP contribution in [0, 0.1) is 5.82 Å². The van der Waals surface area contributed by atoms with Crippen molar-refractivity contribution >= 4 is 25.6 Å². The summed E-state index contributed by atoms with van der Waals surface area (Å²) < 4.78 is 62.2. The number of benzene rings is 1. The Morgan fingerprint density at radius 3 is 2.25 bits per heavy atom. The maximum atomic E-state index is 13.6. The van der Waals surface area contributed by atoms with Crippen LogP contribution < -0.4 is 4.72 Å². The van der Waals surface area contributed by atoms with E-state index in [1.54, 1.807) is 0 Å². The summed E-state index contributed by atoms with van der Waals surface area (Å²) >= 11 is 0. The van der Waals surface area contributed by atoms with Crippen molar-refractivity contribution in [3.63, 3.8) is 0 Å². The van der Waals surface area contributed by atoms with E-state index in [4.69, 9.17) is 0 Å². The van der Waals surface area contributed by atoms with Gasteiger partial charge < -0.3 is 0 Å². The quantitative estimate of drug-likeness (QED) is 0.795. The predicted molar refractivity (Wildman–Crippen MR) is 70.0 cm³/mol. The predicted octanol–water partition coefficient (Wildman–Crippen LogP) is 0.485. The number of ketones is 1. The monoisotopic (exact) mass is 323 g/mol. The van der Waals surface area contributed by atoms with Crippen molar-refractivity contribution < 1.29 is 26.0 Å². The number of rotatable bonds is 5. The number of hydrogen-bond donors (Lipinski definition) is 1. The third-order valence-corrected chi connectivity index (χ3v) is 5.23. The van der Waals surface area contributed by atoms with Crippen LogP contribution in [0.25, 0.3) is 0 Å². The lowest BCUT2D eigenvalue weighted by molar-refractivity contribution is -0.118. The largest absolute Gasteiger partial charge is 0.298 e. The Labute approximate surface area is 117 Å². The molecule has 0 saturated heterocycles. The molecule has 9 heteroatoms. The molecule has 1 atom stereocenters. The second-order valence-corrected chi connectivity index (χ2v) is 8.02. The lowest BCUT2D eigenvalue weighted by atomic mass is 10.3. The number of sulfone groups is 1. The minimum atomic E-state index is -4.33. The summed E-state index contributed by atoms with van der Waals surface area (Å²) in [5.41, 5.74) is 0. The Hall–Kier alpha value is -1.32. The molecule has 6 nitrogen and oxygen atoms in total. The Morgan fingerprint density at radius 1 is 1.25 bits per heavy atom. The van der Waals surface area contributed by atoms with E-state index in [1.807, 2.05) is 4.72 Å². The molecule has 0 spiro atoms. The van der Waals surface area contributed by atoms with E-state index in [9.17, 15) is 26.0 Å². The molecule has 0 bridgehead atoms. The highest BCUT2D eigenvalue weighted by molar-refractivity contribution is 7.91. The number of Topliss-reactive ketones (excluding diaryl/α,β-unsaturated/α-hetero) is 1. The van der Waals surface area contributed by atoms with Gasteiger partial charge in [-0.3, -0.25) is 4.79 Å². The smallest absolute Gasteiger partial charge is 0.244 e. The molecule has 0 aliphatic carbocycles. The number of carbonyl (C=O) groups excluding carboxylic acids is 1. The van der Waals surface area contributed by atoms with Gasteiger partial charge >= 0.3 is 0 Å². The molecule has 1 N–H and O–H groups in total. The van der Waals surface area contributed by atoms with Crippen LogP contribution in [0.3, 0.4) is 0 Å². The molecule has 1 aromatic carbocycles. The van der Waals surface area contributed by atoms with Crippen LogP contribution in [-0.4, -0.2) is 34.9 Å². The number of sulfonamides is 1. The summed E-state index contributed by atoms with van der Waals surface area (Å²) in [4.78, 5) is 9.91. The summed E-state index contributed by atoms with van der Waals surface area (Å²) in [6.07, 6.45) is 0.877. The normalized spacial score (nSPS) is 14.0. The molecule has 0 radical (unpaired) electrons. The van der Waals surface area contributed by atoms with Crippen molar-refractivity contribution in [1.82, 2.24) is 4.72 Å². The van der Waals surface area contributed by atoms with Crippen LogP contribution in [-0.2, 0) is 24.7 Å². The molecule has 0 aliphatic rings. The third kappa shape index (κ3) is 3.84. The first kappa shape index (κ1) is 16.7. The number of carbonyl (C=O) groups is 1. The summed E-state index contributed by atoms with van der Waals surface area (Å²) in [5, 5.41) is 0. The highest BCUT2D eigenvalue weighted by Gasteiger charge is 2.24. The van der Waals surface area contributed by atoms with Gasteiger partial charge in [-0.2, -0.15) is 0 Å². The molecular formula is C11H14FNO5S2. The third-order valence-electron chi connectivity index (χ3n) is 2.56. The zero-order valence-electron chi connectivity index (χ0n) is 11.0. The van der Waals surface area contributed by atoms with Crippen molar-refractivity contribution in [3.8, 4) is 0 Å². The van der Waals surface area contributed by atoms with E-state index in [0.29, 0.717) is 0 Å². The maximum Gasteiger partial charge on any atom is 0.244 e. The van der Waals surface area contributed by atoms with Crippen LogP contribution in [0.15, 0.2) is 28.0 Å². The molecular weight excluding hydrogens is 309 g/mol. The molecule has 0 heterocycles. The van der Waals surface area contributed by atoms with E-state index in [0.717, 1.165) is 24.5 Å². The molecule has 0 saturated carbocycles. The first-order valence-corrected chi connectivity index (χ1v) is 8.85. The first-order chi connectivity index (χ1) is 8.95. The minimum Gasteiger partial charge on any atom is -0.298 e. The first-order valence-electron chi connectivity index (χ1n) is 5.47. The summed E-state index contributed by atoms with van der Waals surface area (Å²) in [5.74, 6) is -1.55. The topological polar surface area (TPSA) is 97.4 Å². The van der Waals surface area contributed by atoms with Crippen molar-refractivity contribution in [2.75, 3.05) is 6.26 Å². The average molecular weight is 323 g/mol. The van der Waals surface area contributed by atoms with Crippen LogP contribution >= 0.6 is 0 Å². The number of nitrogens with one attached hydrogen (secondary N) is 1. The molecule has 0 aromatic heterocycles. The molecule has 0 amide bonds. The van der Waals surface area contributed by atoms with Gasteiger partial charge in [0.1, 0.15) is 16.5 Å². The van der Waals surface area contributed by atoms with Crippen molar-refractivity contribution in [2.45, 2.75) is 29.7 Å². The molecule has 1 rings (SSSR count). The van der Waals surface area contributed by atoms with Crippen LogP contribution in [0.5, 0.6) is 0 Å². The van der Waals surface area contributed by atoms with Crippen molar-refractivity contribution in [2.24, 2.45) is 0 Å². The number of hydrogen-bond acceptors (Lipinski definition) is 5. The van der Waals surface area contributed by atoms with Crippen molar-refractivity contribution in [1.29, 1.82) is 0 Å². The van der Waals surface area contributed by atoms with Gasteiger partial charge in [0.25, 0.3) is 0 Å². The minimum absolute atomic E-state index is 0.324. The Bertz CT molecular complexity index is 740. The highest BCUT2D eigenvalue weighted by atomic mass is 32.2. The summed E-state index contributed by atoms with van der Waals surface area (Å²) in [7, 11) is -8.00. The zero-order valence-corrected chi connectivity index (χ0v) is 12.7. The second kappa shape index (κ2) is 5.58. The SMILES string of the molecule is CC(=O)C(C)NS(=O)(=O)c1cc(S(C)(=O)=O)ccc1F. The fourth-order valence-electron chi connectivity index (χ4n) is 1.30. The van der Waals surface area contributed by atoms with Gasteiger partial charge in [0.15, 0.2) is 9.84 Å². The summed E-state index contributed by atoms with van der Waals surface area (Å²) in [6.45, 7) is 2.48. The molecule has 0 aliphatic heterocycles. The van der Waals surface area contributed by atoms with Gasteiger partial charge in [0, 0.05) is 6.26 Å². The van der Waals surface area contributed by atoms with Gasteiger partial charge in [0.05, 0.1) is 10.9 Å². The Kier molecular flexibility index (Phi) is 4.67. The number of halogens is 1. The fourth-order valence-corrected chi connectivity index (χ4v) is 3.39. The molecule has 112 valence electrons. The van der Waals surface area contributed by atoms with Gasteiger partial charge in [-0.05, 0) is 32.0 Å². The van der Waals surface area contributed by atoms with Gasteiger partial charge in [-0.1, -0.05) is 0 Å². The van der Waals surface area contributed by atoms with E-state index in [1.165, 1.54) is 13.8 Å². The maximum absolute atomic E-state index is 13.6. The standard InChI is InChI=1S/C11H14FNO5S2/c1-7(8(2)14)13-20(17,18)11-6-9(19(3,15)16)4-5-10(11)12/h4-7,13H,1-3H3. The molecule has 1 aromatic rings. The second-order valence-electron chi connectivity index (χ2n) is 4.32. The van der Waals surface area contributed by atoms with E-state index >= 15 is 0 Å². The zero-order chi connectivity index (χ0) is 15.7. The van der Waals surface area contributed by atoms with E-state index in [-0.39, 0.29) is 4.90 Å².